The molecule has 1 aliphatic rings. The zero-order valence-electron chi connectivity index (χ0n) is 12.2. The van der Waals surface area contributed by atoms with Gasteiger partial charge >= 0.3 is 0 Å². The maximum Gasteiger partial charge on any atom is 0.0107 e. The lowest BCUT2D eigenvalue weighted by Gasteiger charge is -2.38. The number of piperidine rings is 1. The molecular weight excluding hydrogens is 208 g/mol. The van der Waals surface area contributed by atoms with E-state index in [0.717, 1.165) is 0 Å². The van der Waals surface area contributed by atoms with E-state index < -0.39 is 0 Å². The summed E-state index contributed by atoms with van der Waals surface area (Å²) in [6, 6.07) is 0. The van der Waals surface area contributed by atoms with Crippen LogP contribution in [0.1, 0.15) is 59.3 Å². The van der Waals surface area contributed by atoms with Crippen molar-refractivity contribution in [2.24, 2.45) is 5.41 Å². The third kappa shape index (κ3) is 7.05. The van der Waals surface area contributed by atoms with Gasteiger partial charge in [-0.3, -0.25) is 0 Å². The van der Waals surface area contributed by atoms with Crippen molar-refractivity contribution in [3.8, 4) is 0 Å². The summed E-state index contributed by atoms with van der Waals surface area (Å²) in [5, 5.41) is 3.58. The monoisotopic (exact) mass is 240 g/mol. The largest absolute Gasteiger partial charge is 0.315 e. The minimum absolute atomic E-state index is 0.541. The summed E-state index contributed by atoms with van der Waals surface area (Å²) in [7, 11) is 0. The molecule has 0 amide bonds. The Labute approximate surface area is 108 Å². The van der Waals surface area contributed by atoms with E-state index in [1.165, 1.54) is 71.2 Å². The highest BCUT2D eigenvalue weighted by atomic mass is 15.1. The van der Waals surface area contributed by atoms with E-state index in [4.69, 9.17) is 0 Å². The standard InChI is InChI=1S/C15H32N2/c1-4-5-6-7-10-16-11-13-17-12-8-9-15(2,3)14-17/h16H,4-14H2,1-3H3. The number of hydrogen-bond acceptors (Lipinski definition) is 2. The summed E-state index contributed by atoms with van der Waals surface area (Å²) in [5.74, 6) is 0. The zero-order valence-corrected chi connectivity index (χ0v) is 12.2. The molecule has 0 spiro atoms. The van der Waals surface area contributed by atoms with Crippen LogP contribution in [0.15, 0.2) is 0 Å². The minimum Gasteiger partial charge on any atom is -0.315 e. The normalized spacial score (nSPS) is 20.6. The van der Waals surface area contributed by atoms with Crippen LogP contribution in [0.3, 0.4) is 0 Å². The molecule has 1 saturated heterocycles. The topological polar surface area (TPSA) is 15.3 Å². The summed E-state index contributed by atoms with van der Waals surface area (Å²) in [6.45, 7) is 13.3. The molecule has 0 aliphatic carbocycles. The predicted octanol–water partition coefficient (Wildman–Crippen LogP) is 3.28. The minimum atomic E-state index is 0.541. The third-order valence-electron chi connectivity index (χ3n) is 3.79. The van der Waals surface area contributed by atoms with Gasteiger partial charge in [0, 0.05) is 19.6 Å². The molecular formula is C15H32N2. The maximum absolute atomic E-state index is 3.58. The molecule has 0 unspecified atom stereocenters. The van der Waals surface area contributed by atoms with Crippen LogP contribution < -0.4 is 5.32 Å². The highest BCUT2D eigenvalue weighted by molar-refractivity contribution is 4.79. The van der Waals surface area contributed by atoms with Gasteiger partial charge in [-0.25, -0.2) is 0 Å². The van der Waals surface area contributed by atoms with Crippen LogP contribution >= 0.6 is 0 Å². The Kier molecular flexibility index (Phi) is 7.14. The SMILES string of the molecule is CCCCCCNCCN1CCCC(C)(C)C1. The maximum atomic E-state index is 3.58. The Balaban J connectivity index is 1.95. The summed E-state index contributed by atoms with van der Waals surface area (Å²) in [4.78, 5) is 2.63. The molecule has 2 heteroatoms. The lowest BCUT2D eigenvalue weighted by Crippen LogP contribution is -2.43. The summed E-state index contributed by atoms with van der Waals surface area (Å²) in [5.41, 5.74) is 0.541. The molecule has 0 aromatic heterocycles. The fourth-order valence-corrected chi connectivity index (χ4v) is 2.77. The van der Waals surface area contributed by atoms with Crippen LogP contribution in [0.2, 0.25) is 0 Å². The van der Waals surface area contributed by atoms with Crippen molar-refractivity contribution in [3.05, 3.63) is 0 Å². The summed E-state index contributed by atoms with van der Waals surface area (Å²) < 4.78 is 0. The van der Waals surface area contributed by atoms with Gasteiger partial charge in [-0.2, -0.15) is 0 Å². The van der Waals surface area contributed by atoms with Crippen molar-refractivity contribution >= 4 is 0 Å². The highest BCUT2D eigenvalue weighted by Gasteiger charge is 2.25. The number of unbranched alkanes of at least 4 members (excludes halogenated alkanes) is 3. The van der Waals surface area contributed by atoms with Gasteiger partial charge < -0.3 is 10.2 Å². The van der Waals surface area contributed by atoms with Crippen LogP contribution in [0.25, 0.3) is 0 Å². The molecule has 0 saturated carbocycles. The van der Waals surface area contributed by atoms with E-state index in [-0.39, 0.29) is 0 Å². The van der Waals surface area contributed by atoms with E-state index in [2.05, 4.69) is 31.0 Å². The van der Waals surface area contributed by atoms with Crippen LogP contribution in [0, 0.1) is 5.41 Å². The van der Waals surface area contributed by atoms with Crippen molar-refractivity contribution in [1.29, 1.82) is 0 Å². The van der Waals surface area contributed by atoms with E-state index in [1.54, 1.807) is 0 Å². The third-order valence-corrected chi connectivity index (χ3v) is 3.79. The summed E-state index contributed by atoms with van der Waals surface area (Å²) in [6.07, 6.45) is 8.24. The number of likely N-dealkylation sites (tertiary alicyclic amines) is 1. The molecule has 1 heterocycles. The molecule has 1 rings (SSSR count). The van der Waals surface area contributed by atoms with E-state index in [0.29, 0.717) is 5.41 Å². The van der Waals surface area contributed by atoms with Crippen LogP contribution in [0.5, 0.6) is 0 Å². The molecule has 0 bridgehead atoms. The smallest absolute Gasteiger partial charge is 0.0107 e. The second-order valence-corrected chi connectivity index (χ2v) is 6.35. The first kappa shape index (κ1) is 15.0. The number of hydrogen-bond donors (Lipinski definition) is 1. The molecule has 0 aromatic rings. The second-order valence-electron chi connectivity index (χ2n) is 6.35. The quantitative estimate of drug-likeness (QED) is 0.655. The molecule has 1 aliphatic heterocycles. The Morgan fingerprint density at radius 1 is 1.12 bits per heavy atom. The van der Waals surface area contributed by atoms with Gasteiger partial charge in [0.25, 0.3) is 0 Å². The molecule has 102 valence electrons. The van der Waals surface area contributed by atoms with Crippen LogP contribution in [-0.4, -0.2) is 37.6 Å². The number of nitrogens with zero attached hydrogens (tertiary/aromatic N) is 1. The van der Waals surface area contributed by atoms with Gasteiger partial charge in [-0.1, -0.05) is 40.0 Å². The van der Waals surface area contributed by atoms with Crippen molar-refractivity contribution < 1.29 is 0 Å². The Hall–Kier alpha value is -0.0800. The highest BCUT2D eigenvalue weighted by Crippen LogP contribution is 2.27. The fourth-order valence-electron chi connectivity index (χ4n) is 2.77. The van der Waals surface area contributed by atoms with Crippen molar-refractivity contribution in [2.75, 3.05) is 32.7 Å². The van der Waals surface area contributed by atoms with Gasteiger partial charge in [0.1, 0.15) is 0 Å². The summed E-state index contributed by atoms with van der Waals surface area (Å²) >= 11 is 0. The van der Waals surface area contributed by atoms with Gasteiger partial charge in [0.15, 0.2) is 0 Å². The van der Waals surface area contributed by atoms with Gasteiger partial charge in [-0.15, -0.1) is 0 Å². The zero-order chi connectivity index (χ0) is 12.6. The fraction of sp³-hybridized carbons (Fsp3) is 1.00. The lowest BCUT2D eigenvalue weighted by atomic mass is 9.84. The average molecular weight is 240 g/mol. The molecule has 0 aromatic carbocycles. The van der Waals surface area contributed by atoms with Gasteiger partial charge in [0.05, 0.1) is 0 Å². The van der Waals surface area contributed by atoms with Crippen LogP contribution in [0.4, 0.5) is 0 Å². The van der Waals surface area contributed by atoms with E-state index >= 15 is 0 Å². The van der Waals surface area contributed by atoms with Gasteiger partial charge in [0.2, 0.25) is 0 Å². The van der Waals surface area contributed by atoms with E-state index in [9.17, 15) is 0 Å². The first-order valence-electron chi connectivity index (χ1n) is 7.57. The average Bonchev–Trinajstić information content (AvgIpc) is 2.27. The molecule has 17 heavy (non-hydrogen) atoms. The van der Waals surface area contributed by atoms with E-state index in [1.807, 2.05) is 0 Å². The predicted molar refractivity (Wildman–Crippen MR) is 76.5 cm³/mol. The first-order valence-corrected chi connectivity index (χ1v) is 7.57. The second kappa shape index (κ2) is 8.10. The van der Waals surface area contributed by atoms with Crippen molar-refractivity contribution in [3.63, 3.8) is 0 Å². The first-order chi connectivity index (χ1) is 8.14. The van der Waals surface area contributed by atoms with Crippen molar-refractivity contribution in [2.45, 2.75) is 59.3 Å². The molecule has 0 radical (unpaired) electrons. The Morgan fingerprint density at radius 2 is 1.94 bits per heavy atom. The number of nitrogens with one attached hydrogen (secondary N) is 1. The molecule has 1 fully saturated rings. The van der Waals surface area contributed by atoms with Crippen LogP contribution in [-0.2, 0) is 0 Å². The Bertz CT molecular complexity index is 189. The lowest BCUT2D eigenvalue weighted by molar-refractivity contribution is 0.118. The van der Waals surface area contributed by atoms with Gasteiger partial charge in [-0.05, 0) is 37.8 Å². The molecule has 0 atom stereocenters. The van der Waals surface area contributed by atoms with Crippen molar-refractivity contribution in [1.82, 2.24) is 10.2 Å². The Morgan fingerprint density at radius 3 is 2.65 bits per heavy atom. The number of rotatable bonds is 8. The molecule has 2 nitrogen and oxygen atoms in total. The molecule has 1 N–H and O–H groups in total.